The van der Waals surface area contributed by atoms with Crippen LogP contribution in [0.1, 0.15) is 12.0 Å². The van der Waals surface area contributed by atoms with Gasteiger partial charge in [0.15, 0.2) is 0 Å². The molecule has 0 spiro atoms. The standard InChI is InChI=1S/C14H20F3N3O/c1-19-13(9-21-10-18)3-2-8-20-12-6-4-11(5-7-12)14(15,16)17/h3-7,19-20H,2,8-10,18H2,1H3/b13-3-. The van der Waals surface area contributed by atoms with Gasteiger partial charge >= 0.3 is 6.18 Å². The van der Waals surface area contributed by atoms with Crippen molar-refractivity contribution in [3.63, 3.8) is 0 Å². The number of nitrogens with two attached hydrogens (primary N) is 1. The van der Waals surface area contributed by atoms with Gasteiger partial charge in [-0.15, -0.1) is 0 Å². The summed E-state index contributed by atoms with van der Waals surface area (Å²) in [5.74, 6) is 0. The van der Waals surface area contributed by atoms with E-state index in [1.165, 1.54) is 12.1 Å². The molecule has 0 aromatic heterocycles. The molecule has 0 saturated heterocycles. The SMILES string of the molecule is CN/C(=C\CCNc1ccc(C(F)(F)F)cc1)COCN. The zero-order valence-corrected chi connectivity index (χ0v) is 11.8. The fourth-order valence-corrected chi connectivity index (χ4v) is 1.64. The highest BCUT2D eigenvalue weighted by atomic mass is 19.4. The molecule has 0 aliphatic carbocycles. The van der Waals surface area contributed by atoms with Crippen LogP contribution in [0.4, 0.5) is 18.9 Å². The van der Waals surface area contributed by atoms with Crippen LogP contribution in [0.2, 0.25) is 0 Å². The Kier molecular flexibility index (Phi) is 7.04. The third-order valence-corrected chi connectivity index (χ3v) is 2.77. The maximum Gasteiger partial charge on any atom is 0.416 e. The molecule has 0 amide bonds. The lowest BCUT2D eigenvalue weighted by Gasteiger charge is -2.10. The Labute approximate surface area is 122 Å². The highest BCUT2D eigenvalue weighted by Gasteiger charge is 2.29. The van der Waals surface area contributed by atoms with E-state index in [9.17, 15) is 13.2 Å². The number of rotatable bonds is 8. The number of benzene rings is 1. The number of likely N-dealkylation sites (N-methyl/N-ethyl adjacent to an activating group) is 1. The van der Waals surface area contributed by atoms with Crippen molar-refractivity contribution in [2.75, 3.05) is 32.2 Å². The van der Waals surface area contributed by atoms with Crippen LogP contribution in [-0.4, -0.2) is 26.9 Å². The number of hydrogen-bond acceptors (Lipinski definition) is 4. The lowest BCUT2D eigenvalue weighted by molar-refractivity contribution is -0.137. The van der Waals surface area contributed by atoms with Gasteiger partial charge in [-0.2, -0.15) is 13.2 Å². The van der Waals surface area contributed by atoms with Gasteiger partial charge in [0, 0.05) is 25.0 Å². The zero-order valence-electron chi connectivity index (χ0n) is 11.8. The highest BCUT2D eigenvalue weighted by Crippen LogP contribution is 2.29. The second kappa shape index (κ2) is 8.53. The predicted octanol–water partition coefficient (Wildman–Crippen LogP) is 2.54. The van der Waals surface area contributed by atoms with E-state index in [2.05, 4.69) is 10.6 Å². The van der Waals surface area contributed by atoms with E-state index in [4.69, 9.17) is 10.5 Å². The van der Waals surface area contributed by atoms with Crippen molar-refractivity contribution in [1.82, 2.24) is 5.32 Å². The van der Waals surface area contributed by atoms with Gasteiger partial charge in [-0.1, -0.05) is 6.08 Å². The number of ether oxygens (including phenoxy) is 1. The minimum absolute atomic E-state index is 0.156. The molecular weight excluding hydrogens is 283 g/mol. The van der Waals surface area contributed by atoms with Gasteiger partial charge in [-0.25, -0.2) is 0 Å². The minimum Gasteiger partial charge on any atom is -0.390 e. The Morgan fingerprint density at radius 1 is 1.29 bits per heavy atom. The molecule has 4 nitrogen and oxygen atoms in total. The Hall–Kier alpha value is -1.73. The quantitative estimate of drug-likeness (QED) is 0.510. The van der Waals surface area contributed by atoms with Crippen LogP contribution >= 0.6 is 0 Å². The van der Waals surface area contributed by atoms with E-state index in [0.717, 1.165) is 17.8 Å². The van der Waals surface area contributed by atoms with E-state index in [1.807, 2.05) is 6.08 Å². The summed E-state index contributed by atoms with van der Waals surface area (Å²) < 4.78 is 42.3. The monoisotopic (exact) mass is 303 g/mol. The highest BCUT2D eigenvalue weighted by molar-refractivity contribution is 5.45. The molecule has 21 heavy (non-hydrogen) atoms. The van der Waals surface area contributed by atoms with Crippen molar-refractivity contribution in [3.05, 3.63) is 41.6 Å². The first-order valence-electron chi connectivity index (χ1n) is 6.53. The second-order valence-corrected chi connectivity index (χ2v) is 4.29. The van der Waals surface area contributed by atoms with Gasteiger partial charge in [-0.05, 0) is 30.7 Å². The maximum absolute atomic E-state index is 12.4. The van der Waals surface area contributed by atoms with Crippen LogP contribution < -0.4 is 16.4 Å². The Balaban J connectivity index is 2.40. The molecule has 0 unspecified atom stereocenters. The topological polar surface area (TPSA) is 59.3 Å². The van der Waals surface area contributed by atoms with Crippen molar-refractivity contribution in [2.45, 2.75) is 12.6 Å². The van der Waals surface area contributed by atoms with Gasteiger partial charge < -0.3 is 21.1 Å². The number of hydrogen-bond donors (Lipinski definition) is 3. The molecule has 1 rings (SSSR count). The van der Waals surface area contributed by atoms with E-state index in [0.29, 0.717) is 25.3 Å². The lowest BCUT2D eigenvalue weighted by atomic mass is 10.2. The van der Waals surface area contributed by atoms with E-state index in [1.54, 1.807) is 7.05 Å². The van der Waals surface area contributed by atoms with E-state index < -0.39 is 11.7 Å². The van der Waals surface area contributed by atoms with Crippen LogP contribution in [0.25, 0.3) is 0 Å². The first-order chi connectivity index (χ1) is 9.97. The van der Waals surface area contributed by atoms with Crippen molar-refractivity contribution < 1.29 is 17.9 Å². The molecule has 4 N–H and O–H groups in total. The second-order valence-electron chi connectivity index (χ2n) is 4.29. The summed E-state index contributed by atoms with van der Waals surface area (Å²) in [5.41, 5.74) is 6.15. The molecule has 0 aliphatic heterocycles. The summed E-state index contributed by atoms with van der Waals surface area (Å²) in [6, 6.07) is 4.96. The molecular formula is C14H20F3N3O. The van der Waals surface area contributed by atoms with Crippen molar-refractivity contribution in [1.29, 1.82) is 0 Å². The molecule has 0 heterocycles. The molecule has 0 saturated carbocycles. The number of anilines is 1. The third-order valence-electron chi connectivity index (χ3n) is 2.77. The van der Waals surface area contributed by atoms with Gasteiger partial charge in [0.25, 0.3) is 0 Å². The smallest absolute Gasteiger partial charge is 0.390 e. The first-order valence-corrected chi connectivity index (χ1v) is 6.53. The molecule has 0 radical (unpaired) electrons. The Morgan fingerprint density at radius 3 is 2.48 bits per heavy atom. The van der Waals surface area contributed by atoms with Crippen LogP contribution in [0, 0.1) is 0 Å². The maximum atomic E-state index is 12.4. The largest absolute Gasteiger partial charge is 0.416 e. The van der Waals surface area contributed by atoms with Crippen molar-refractivity contribution >= 4 is 5.69 Å². The molecule has 118 valence electrons. The van der Waals surface area contributed by atoms with E-state index in [-0.39, 0.29) is 6.73 Å². The van der Waals surface area contributed by atoms with E-state index >= 15 is 0 Å². The molecule has 0 atom stereocenters. The molecule has 1 aromatic carbocycles. The fourth-order valence-electron chi connectivity index (χ4n) is 1.64. The van der Waals surface area contributed by atoms with Crippen LogP contribution in [0.5, 0.6) is 0 Å². The number of nitrogens with one attached hydrogen (secondary N) is 2. The molecule has 7 heteroatoms. The van der Waals surface area contributed by atoms with Crippen molar-refractivity contribution in [2.24, 2.45) is 5.73 Å². The average molecular weight is 303 g/mol. The van der Waals surface area contributed by atoms with Gasteiger partial charge in [0.1, 0.15) is 0 Å². The minimum atomic E-state index is -4.30. The van der Waals surface area contributed by atoms with Gasteiger partial charge in [0.05, 0.1) is 18.9 Å². The van der Waals surface area contributed by atoms with Crippen LogP contribution in [0.3, 0.4) is 0 Å². The summed E-state index contributed by atoms with van der Waals surface area (Å²) in [6.07, 6.45) is -1.64. The lowest BCUT2D eigenvalue weighted by Crippen LogP contribution is -2.15. The zero-order chi connectivity index (χ0) is 15.7. The average Bonchev–Trinajstić information content (AvgIpc) is 2.46. The number of alkyl halides is 3. The summed E-state index contributed by atoms with van der Waals surface area (Å²) >= 11 is 0. The van der Waals surface area contributed by atoms with Crippen LogP contribution in [0.15, 0.2) is 36.0 Å². The number of halogens is 3. The van der Waals surface area contributed by atoms with Crippen molar-refractivity contribution in [3.8, 4) is 0 Å². The van der Waals surface area contributed by atoms with Crippen LogP contribution in [-0.2, 0) is 10.9 Å². The third kappa shape index (κ3) is 6.50. The molecule has 1 aromatic rings. The fraction of sp³-hybridized carbons (Fsp3) is 0.429. The Morgan fingerprint density at radius 2 is 1.95 bits per heavy atom. The summed E-state index contributed by atoms with van der Waals surface area (Å²) in [7, 11) is 1.79. The predicted molar refractivity (Wildman–Crippen MR) is 76.7 cm³/mol. The molecule has 0 aliphatic rings. The Bertz CT molecular complexity index is 444. The summed E-state index contributed by atoms with van der Waals surface area (Å²) in [6.45, 7) is 1.18. The first kappa shape index (κ1) is 17.3. The summed E-state index contributed by atoms with van der Waals surface area (Å²) in [5, 5.41) is 6.04. The molecule has 0 bridgehead atoms. The van der Waals surface area contributed by atoms with Gasteiger partial charge in [-0.3, -0.25) is 0 Å². The molecule has 0 fully saturated rings. The van der Waals surface area contributed by atoms with Gasteiger partial charge in [0.2, 0.25) is 0 Å². The summed E-state index contributed by atoms with van der Waals surface area (Å²) in [4.78, 5) is 0. The normalized spacial score (nSPS) is 12.3.